The molecule has 1 atom stereocenters. The molecule has 4 rings (SSSR count). The summed E-state index contributed by atoms with van der Waals surface area (Å²) < 4.78 is 18.7. The second-order valence-electron chi connectivity index (χ2n) is 8.16. The van der Waals surface area contributed by atoms with Crippen LogP contribution in [0.5, 0.6) is 0 Å². The van der Waals surface area contributed by atoms with Crippen LogP contribution >= 0.6 is 0 Å². The quantitative estimate of drug-likeness (QED) is 0.531. The number of ether oxygens (including phenoxy) is 1. The van der Waals surface area contributed by atoms with E-state index >= 15 is 0 Å². The van der Waals surface area contributed by atoms with Gasteiger partial charge in [0.25, 0.3) is 0 Å². The van der Waals surface area contributed by atoms with Gasteiger partial charge in [-0.05, 0) is 68.7 Å². The fourth-order valence-corrected chi connectivity index (χ4v) is 4.44. The van der Waals surface area contributed by atoms with Gasteiger partial charge in [0.15, 0.2) is 5.78 Å². The number of piperidine rings is 1. The summed E-state index contributed by atoms with van der Waals surface area (Å²) in [6.45, 7) is 2.53. The van der Waals surface area contributed by atoms with Crippen LogP contribution in [0, 0.1) is 11.2 Å². The van der Waals surface area contributed by atoms with E-state index in [0.29, 0.717) is 12.0 Å². The molecular formula is C24H26FNO3. The number of halogens is 1. The molecule has 0 aliphatic carbocycles. The molecule has 0 bridgehead atoms. The second kappa shape index (κ2) is 8.46. The van der Waals surface area contributed by atoms with Gasteiger partial charge in [-0.2, -0.15) is 0 Å². The molecule has 2 aliphatic heterocycles. The molecule has 0 radical (unpaired) electrons. The van der Waals surface area contributed by atoms with E-state index < -0.39 is 0 Å². The maximum absolute atomic E-state index is 13.0. The molecule has 4 nitrogen and oxygen atoms in total. The summed E-state index contributed by atoms with van der Waals surface area (Å²) in [6.07, 6.45) is 3.45. The van der Waals surface area contributed by atoms with Gasteiger partial charge < -0.3 is 9.64 Å². The number of likely N-dealkylation sites (tertiary alicyclic amines) is 1. The number of nitrogens with zero attached hydrogens (tertiary/aromatic N) is 1. The van der Waals surface area contributed by atoms with E-state index in [1.54, 1.807) is 0 Å². The molecule has 2 heterocycles. The van der Waals surface area contributed by atoms with Gasteiger partial charge in [-0.1, -0.05) is 30.3 Å². The number of esters is 1. The predicted molar refractivity (Wildman–Crippen MR) is 108 cm³/mol. The predicted octanol–water partition coefficient (Wildman–Crippen LogP) is 4.56. The number of rotatable bonds is 6. The van der Waals surface area contributed by atoms with Crippen LogP contribution in [-0.2, 0) is 9.53 Å². The Morgan fingerprint density at radius 2 is 1.76 bits per heavy atom. The number of hydrogen-bond acceptors (Lipinski definition) is 4. The Labute approximate surface area is 170 Å². The molecule has 0 aromatic heterocycles. The van der Waals surface area contributed by atoms with Crippen LogP contribution in [0.25, 0.3) is 0 Å². The van der Waals surface area contributed by atoms with Crippen LogP contribution in [0.2, 0.25) is 0 Å². The van der Waals surface area contributed by atoms with Crippen molar-refractivity contribution in [1.82, 2.24) is 4.90 Å². The maximum atomic E-state index is 13.0. The van der Waals surface area contributed by atoms with E-state index in [1.165, 1.54) is 24.3 Å². The van der Waals surface area contributed by atoms with Gasteiger partial charge in [-0.3, -0.25) is 9.59 Å². The number of hydrogen-bond donors (Lipinski definition) is 0. The number of Topliss-reactive ketones (excluding diaryl/α,β-unsaturated/α-hetero) is 1. The van der Waals surface area contributed by atoms with Crippen molar-refractivity contribution in [2.45, 2.75) is 38.2 Å². The van der Waals surface area contributed by atoms with Crippen LogP contribution < -0.4 is 0 Å². The van der Waals surface area contributed by atoms with Crippen LogP contribution in [0.3, 0.4) is 0 Å². The second-order valence-corrected chi connectivity index (χ2v) is 8.16. The van der Waals surface area contributed by atoms with Crippen molar-refractivity contribution in [2.24, 2.45) is 5.41 Å². The third-order valence-electron chi connectivity index (χ3n) is 6.29. The Bertz CT molecular complexity index is 857. The van der Waals surface area contributed by atoms with E-state index in [2.05, 4.69) is 4.90 Å². The van der Waals surface area contributed by atoms with Gasteiger partial charge in [0.2, 0.25) is 0 Å². The first kappa shape index (κ1) is 19.8. The normalized spacial score (nSPS) is 21.3. The molecular weight excluding hydrogens is 369 g/mol. The molecule has 2 aromatic rings. The topological polar surface area (TPSA) is 46.6 Å². The van der Waals surface area contributed by atoms with Crippen LogP contribution in [0.1, 0.15) is 54.1 Å². The summed E-state index contributed by atoms with van der Waals surface area (Å²) in [6, 6.07) is 15.7. The van der Waals surface area contributed by atoms with Crippen molar-refractivity contribution in [3.8, 4) is 0 Å². The first-order chi connectivity index (χ1) is 14.1. The first-order valence-corrected chi connectivity index (χ1v) is 10.3. The lowest BCUT2D eigenvalue weighted by atomic mass is 9.75. The minimum atomic E-state index is -0.360. The van der Waals surface area contributed by atoms with Crippen molar-refractivity contribution in [3.63, 3.8) is 0 Å². The lowest BCUT2D eigenvalue weighted by Gasteiger charge is -2.36. The summed E-state index contributed by atoms with van der Waals surface area (Å²) in [5.74, 6) is -0.343. The third-order valence-corrected chi connectivity index (χ3v) is 6.29. The molecule has 0 N–H and O–H groups in total. The average molecular weight is 395 g/mol. The van der Waals surface area contributed by atoms with Crippen molar-refractivity contribution in [2.75, 3.05) is 19.6 Å². The smallest absolute Gasteiger partial charge is 0.312 e. The summed E-state index contributed by atoms with van der Waals surface area (Å²) in [5.41, 5.74) is 1.27. The Morgan fingerprint density at radius 1 is 1.07 bits per heavy atom. The van der Waals surface area contributed by atoms with E-state index in [1.807, 2.05) is 30.3 Å². The minimum absolute atomic E-state index is 0.0450. The Balaban J connectivity index is 1.25. The van der Waals surface area contributed by atoms with Crippen LogP contribution in [-0.4, -0.2) is 36.3 Å². The number of cyclic esters (lactones) is 1. The fourth-order valence-electron chi connectivity index (χ4n) is 4.44. The minimum Gasteiger partial charge on any atom is -0.457 e. The van der Waals surface area contributed by atoms with Crippen molar-refractivity contribution in [1.29, 1.82) is 0 Å². The number of benzene rings is 2. The number of ketones is 1. The highest BCUT2D eigenvalue weighted by molar-refractivity contribution is 5.95. The average Bonchev–Trinajstić information content (AvgIpc) is 3.06. The summed E-state index contributed by atoms with van der Waals surface area (Å²) in [5, 5.41) is 0. The molecule has 5 heteroatoms. The molecule has 2 fully saturated rings. The maximum Gasteiger partial charge on any atom is 0.312 e. The lowest BCUT2D eigenvalue weighted by Crippen LogP contribution is -2.42. The van der Waals surface area contributed by atoms with E-state index in [9.17, 15) is 14.0 Å². The molecule has 0 amide bonds. The third kappa shape index (κ3) is 4.40. The fraction of sp³-hybridized carbons (Fsp3) is 0.417. The van der Waals surface area contributed by atoms with Gasteiger partial charge in [0.1, 0.15) is 11.9 Å². The van der Waals surface area contributed by atoms with Crippen LogP contribution in [0.4, 0.5) is 4.39 Å². The first-order valence-electron chi connectivity index (χ1n) is 10.3. The molecule has 1 spiro atoms. The lowest BCUT2D eigenvalue weighted by molar-refractivity contribution is -0.151. The SMILES string of the molecule is O=C(CCCN1CCC2(CC1)CC(c1ccccc1)OC2=O)c1ccc(F)cc1. The zero-order valence-electron chi connectivity index (χ0n) is 16.5. The molecule has 1 unspecified atom stereocenters. The van der Waals surface area contributed by atoms with Gasteiger partial charge in [0.05, 0.1) is 5.41 Å². The van der Waals surface area contributed by atoms with Gasteiger partial charge in [0, 0.05) is 18.4 Å². The summed E-state index contributed by atoms with van der Waals surface area (Å²) in [7, 11) is 0. The van der Waals surface area contributed by atoms with Gasteiger partial charge in [-0.15, -0.1) is 0 Å². The van der Waals surface area contributed by atoms with Gasteiger partial charge in [-0.25, -0.2) is 4.39 Å². The van der Waals surface area contributed by atoms with Gasteiger partial charge >= 0.3 is 5.97 Å². The van der Waals surface area contributed by atoms with Crippen molar-refractivity contribution >= 4 is 11.8 Å². The molecule has 2 aliphatic rings. The van der Waals surface area contributed by atoms with E-state index in [4.69, 9.17) is 4.74 Å². The Morgan fingerprint density at radius 3 is 2.45 bits per heavy atom. The highest BCUT2D eigenvalue weighted by Gasteiger charge is 2.50. The molecule has 29 heavy (non-hydrogen) atoms. The van der Waals surface area contributed by atoms with Crippen LogP contribution in [0.15, 0.2) is 54.6 Å². The molecule has 152 valence electrons. The zero-order chi connectivity index (χ0) is 20.3. The van der Waals surface area contributed by atoms with Crippen molar-refractivity contribution < 1.29 is 18.7 Å². The Kier molecular flexibility index (Phi) is 5.76. The molecule has 0 saturated carbocycles. The van der Waals surface area contributed by atoms with E-state index in [-0.39, 0.29) is 29.1 Å². The molecule has 2 aromatic carbocycles. The molecule has 2 saturated heterocycles. The van der Waals surface area contributed by atoms with Crippen molar-refractivity contribution in [3.05, 3.63) is 71.5 Å². The largest absolute Gasteiger partial charge is 0.457 e. The highest BCUT2D eigenvalue weighted by atomic mass is 19.1. The van der Waals surface area contributed by atoms with E-state index in [0.717, 1.165) is 50.9 Å². The number of carbonyl (C=O) groups excluding carboxylic acids is 2. The Hall–Kier alpha value is -2.53. The highest BCUT2D eigenvalue weighted by Crippen LogP contribution is 2.48. The monoisotopic (exact) mass is 395 g/mol. The number of carbonyl (C=O) groups is 2. The zero-order valence-corrected chi connectivity index (χ0v) is 16.5. The standard InChI is InChI=1S/C24H26FNO3/c25-20-10-8-18(9-11-20)21(27)7-4-14-26-15-12-24(13-16-26)17-22(29-23(24)28)19-5-2-1-3-6-19/h1-3,5-6,8-11,22H,4,7,12-17H2. The summed E-state index contributed by atoms with van der Waals surface area (Å²) >= 11 is 0. The summed E-state index contributed by atoms with van der Waals surface area (Å²) in [4.78, 5) is 27.2.